The Hall–Kier alpha value is -1.19. The van der Waals surface area contributed by atoms with E-state index in [2.05, 4.69) is 10.1 Å². The minimum atomic E-state index is -0.309. The fourth-order valence-corrected chi connectivity index (χ4v) is 1.78. The molecule has 1 aromatic carbocycles. The molecule has 18 heavy (non-hydrogen) atoms. The molecule has 0 saturated heterocycles. The molecule has 0 bridgehead atoms. The Balaban J connectivity index is 2.67. The van der Waals surface area contributed by atoms with E-state index in [4.69, 9.17) is 23.2 Å². The molecule has 0 spiro atoms. The number of benzene rings is 1. The number of halogens is 2. The van der Waals surface area contributed by atoms with Crippen molar-refractivity contribution in [3.05, 3.63) is 39.9 Å². The van der Waals surface area contributed by atoms with E-state index in [1.807, 2.05) is 6.92 Å². The minimum Gasteiger partial charge on any atom is -0.466 e. The van der Waals surface area contributed by atoms with Crippen molar-refractivity contribution >= 4 is 34.9 Å². The molecule has 0 atom stereocenters. The van der Waals surface area contributed by atoms with Gasteiger partial charge in [-0.2, -0.15) is 0 Å². The van der Waals surface area contributed by atoms with Crippen molar-refractivity contribution in [2.75, 3.05) is 19.0 Å². The largest absolute Gasteiger partial charge is 0.466 e. The molecule has 1 rings (SSSR count). The van der Waals surface area contributed by atoms with Crippen LogP contribution in [0.3, 0.4) is 0 Å². The number of hydrogen-bond donors (Lipinski definition) is 1. The topological polar surface area (TPSA) is 38.3 Å². The second-order valence-corrected chi connectivity index (χ2v) is 4.42. The Morgan fingerprint density at radius 2 is 2.17 bits per heavy atom. The average molecular weight is 288 g/mol. The summed E-state index contributed by atoms with van der Waals surface area (Å²) in [6.07, 6.45) is 2.40. The molecule has 0 aliphatic carbocycles. The van der Waals surface area contributed by atoms with Gasteiger partial charge in [0.05, 0.1) is 17.8 Å². The zero-order valence-corrected chi connectivity index (χ0v) is 11.8. The lowest BCUT2D eigenvalue weighted by Crippen LogP contribution is -2.07. The maximum absolute atomic E-state index is 11.3. The molecule has 3 nitrogen and oxygen atoms in total. The second kappa shape index (κ2) is 7.29. The van der Waals surface area contributed by atoms with Crippen LogP contribution in [0.1, 0.15) is 13.3 Å². The van der Waals surface area contributed by atoms with Gasteiger partial charge in [0.1, 0.15) is 0 Å². The molecule has 0 heterocycles. The van der Waals surface area contributed by atoms with Crippen LogP contribution in [0.25, 0.3) is 0 Å². The van der Waals surface area contributed by atoms with E-state index in [9.17, 15) is 4.79 Å². The molecular formula is C13H15Cl2NO2. The van der Waals surface area contributed by atoms with Gasteiger partial charge in [-0.05, 0) is 24.6 Å². The molecule has 0 radical (unpaired) electrons. The highest BCUT2D eigenvalue weighted by atomic mass is 35.5. The van der Waals surface area contributed by atoms with Gasteiger partial charge in [0.25, 0.3) is 0 Å². The Labute approximate surface area is 117 Å². The second-order valence-electron chi connectivity index (χ2n) is 3.58. The first-order valence-corrected chi connectivity index (χ1v) is 6.30. The van der Waals surface area contributed by atoms with Gasteiger partial charge in [-0.3, -0.25) is 0 Å². The van der Waals surface area contributed by atoms with Crippen molar-refractivity contribution in [2.24, 2.45) is 0 Å². The lowest BCUT2D eigenvalue weighted by atomic mass is 10.2. The monoisotopic (exact) mass is 287 g/mol. The summed E-state index contributed by atoms with van der Waals surface area (Å²) in [6, 6.07) is 5.18. The maximum Gasteiger partial charge on any atom is 0.333 e. The van der Waals surface area contributed by atoms with Crippen molar-refractivity contribution in [1.82, 2.24) is 0 Å². The maximum atomic E-state index is 11.3. The van der Waals surface area contributed by atoms with Gasteiger partial charge in [0, 0.05) is 17.1 Å². The van der Waals surface area contributed by atoms with Gasteiger partial charge in [0.15, 0.2) is 0 Å². The Bertz CT molecular complexity index is 458. The molecule has 1 N–H and O–H groups in total. The van der Waals surface area contributed by atoms with Crippen molar-refractivity contribution in [3.8, 4) is 0 Å². The molecule has 0 aliphatic heterocycles. The third kappa shape index (κ3) is 4.24. The molecule has 1 aromatic rings. The van der Waals surface area contributed by atoms with Crippen LogP contribution in [-0.2, 0) is 9.53 Å². The predicted octanol–water partition coefficient (Wildman–Crippen LogP) is 3.91. The van der Waals surface area contributed by atoms with E-state index < -0.39 is 0 Å². The average Bonchev–Trinajstić information content (AvgIpc) is 2.37. The number of methoxy groups -OCH3 is 1. The summed E-state index contributed by atoms with van der Waals surface area (Å²) < 4.78 is 4.67. The van der Waals surface area contributed by atoms with Crippen LogP contribution in [-0.4, -0.2) is 19.6 Å². The zero-order chi connectivity index (χ0) is 13.5. The van der Waals surface area contributed by atoms with Crippen LogP contribution in [0.4, 0.5) is 5.69 Å². The highest BCUT2D eigenvalue weighted by Crippen LogP contribution is 2.25. The van der Waals surface area contributed by atoms with E-state index in [0.717, 1.165) is 5.69 Å². The van der Waals surface area contributed by atoms with Crippen LogP contribution in [0.2, 0.25) is 10.0 Å². The quantitative estimate of drug-likeness (QED) is 0.659. The molecule has 0 saturated carbocycles. The van der Waals surface area contributed by atoms with Gasteiger partial charge in [-0.1, -0.05) is 36.2 Å². The third-order valence-corrected chi connectivity index (χ3v) is 2.96. The molecular weight excluding hydrogens is 273 g/mol. The molecule has 0 unspecified atom stereocenters. The number of carbonyl (C=O) groups is 1. The number of hydrogen-bond acceptors (Lipinski definition) is 3. The van der Waals surface area contributed by atoms with E-state index in [1.165, 1.54) is 7.11 Å². The standard InChI is InChI=1S/C13H15Cl2NO2/c1-3-9(13(17)18-2)6-7-16-12-8-10(14)4-5-11(12)15/h4-6,8,16H,3,7H2,1-2H3/b9-6-. The van der Waals surface area contributed by atoms with Crippen LogP contribution in [0.5, 0.6) is 0 Å². The summed E-state index contributed by atoms with van der Waals surface area (Å²) in [5.41, 5.74) is 1.36. The SMILES string of the molecule is CC/C(=C/CNc1cc(Cl)ccc1Cl)C(=O)OC. The first kappa shape index (κ1) is 14.9. The first-order valence-electron chi connectivity index (χ1n) is 5.54. The van der Waals surface area contributed by atoms with Crippen molar-refractivity contribution in [3.63, 3.8) is 0 Å². The van der Waals surface area contributed by atoms with Crippen molar-refractivity contribution in [1.29, 1.82) is 0 Å². The summed E-state index contributed by atoms with van der Waals surface area (Å²) in [6.45, 7) is 2.38. The highest BCUT2D eigenvalue weighted by molar-refractivity contribution is 6.35. The zero-order valence-electron chi connectivity index (χ0n) is 10.3. The lowest BCUT2D eigenvalue weighted by molar-refractivity contribution is -0.136. The number of rotatable bonds is 5. The molecule has 98 valence electrons. The lowest BCUT2D eigenvalue weighted by Gasteiger charge is -2.07. The number of carbonyl (C=O) groups excluding carboxylic acids is 1. The Morgan fingerprint density at radius 3 is 2.78 bits per heavy atom. The molecule has 0 fully saturated rings. The molecule has 0 aromatic heterocycles. The number of ether oxygens (including phenoxy) is 1. The van der Waals surface area contributed by atoms with Gasteiger partial charge < -0.3 is 10.1 Å². The van der Waals surface area contributed by atoms with E-state index in [1.54, 1.807) is 24.3 Å². The number of esters is 1. The van der Waals surface area contributed by atoms with Gasteiger partial charge in [-0.15, -0.1) is 0 Å². The summed E-state index contributed by atoms with van der Waals surface area (Å²) >= 11 is 11.9. The van der Waals surface area contributed by atoms with E-state index in [-0.39, 0.29) is 5.97 Å². The van der Waals surface area contributed by atoms with E-state index in [0.29, 0.717) is 28.6 Å². The van der Waals surface area contributed by atoms with Crippen molar-refractivity contribution < 1.29 is 9.53 Å². The summed E-state index contributed by atoms with van der Waals surface area (Å²) in [4.78, 5) is 11.3. The van der Waals surface area contributed by atoms with Crippen LogP contribution in [0, 0.1) is 0 Å². The molecule has 0 amide bonds. The Kier molecular flexibility index (Phi) is 6.02. The minimum absolute atomic E-state index is 0.309. The fraction of sp³-hybridized carbons (Fsp3) is 0.308. The highest BCUT2D eigenvalue weighted by Gasteiger charge is 2.06. The number of anilines is 1. The van der Waals surface area contributed by atoms with Crippen LogP contribution < -0.4 is 5.32 Å². The summed E-state index contributed by atoms with van der Waals surface area (Å²) in [5, 5.41) is 4.29. The van der Waals surface area contributed by atoms with Crippen LogP contribution in [0.15, 0.2) is 29.8 Å². The first-order chi connectivity index (χ1) is 8.58. The number of nitrogens with one attached hydrogen (secondary N) is 1. The summed E-state index contributed by atoms with van der Waals surface area (Å²) in [7, 11) is 1.37. The van der Waals surface area contributed by atoms with Gasteiger partial charge >= 0.3 is 5.97 Å². The predicted molar refractivity (Wildman–Crippen MR) is 75.3 cm³/mol. The molecule has 5 heteroatoms. The van der Waals surface area contributed by atoms with E-state index >= 15 is 0 Å². The van der Waals surface area contributed by atoms with Crippen LogP contribution >= 0.6 is 23.2 Å². The third-order valence-electron chi connectivity index (χ3n) is 2.40. The molecule has 0 aliphatic rings. The van der Waals surface area contributed by atoms with Gasteiger partial charge in [-0.25, -0.2) is 4.79 Å². The van der Waals surface area contributed by atoms with Crippen molar-refractivity contribution in [2.45, 2.75) is 13.3 Å². The Morgan fingerprint density at radius 1 is 1.44 bits per heavy atom. The summed E-state index contributed by atoms with van der Waals surface area (Å²) in [5.74, 6) is -0.309. The smallest absolute Gasteiger partial charge is 0.333 e. The fourth-order valence-electron chi connectivity index (χ4n) is 1.42. The normalized spacial score (nSPS) is 11.2. The van der Waals surface area contributed by atoms with Gasteiger partial charge in [0.2, 0.25) is 0 Å².